The summed E-state index contributed by atoms with van der Waals surface area (Å²) in [6.07, 6.45) is 6.77. The van der Waals surface area contributed by atoms with E-state index in [1.54, 1.807) is 18.2 Å². The van der Waals surface area contributed by atoms with E-state index < -0.39 is 26.1 Å². The standard InChI is InChI=1S/C24H31N3O6S2/c28-24-16-27(35(31,32)26-24)22-12-11-19(15-23(22)33-17-20-7-3-1-4-8-20)13-14-25-34(29,30)18-21-9-5-2-6-10-21/h1,3-4,7-8,11-12,15-16,21,25-26,28H,2,5-6,9-10,13-14,17-18H2. The lowest BCUT2D eigenvalue weighted by molar-refractivity contribution is 0.307. The normalized spacial score (nSPS) is 18.2. The number of sulfonamides is 1. The van der Waals surface area contributed by atoms with Crippen LogP contribution in [0.4, 0.5) is 5.69 Å². The second kappa shape index (κ2) is 10.9. The lowest BCUT2D eigenvalue weighted by Gasteiger charge is -2.21. The first-order chi connectivity index (χ1) is 16.7. The topological polar surface area (TPSA) is 125 Å². The van der Waals surface area contributed by atoms with Crippen LogP contribution in [-0.4, -0.2) is 34.2 Å². The van der Waals surface area contributed by atoms with Crippen LogP contribution in [0.15, 0.2) is 60.6 Å². The van der Waals surface area contributed by atoms with Gasteiger partial charge >= 0.3 is 10.2 Å². The molecule has 0 aromatic heterocycles. The van der Waals surface area contributed by atoms with Gasteiger partial charge in [0.05, 0.1) is 12.0 Å². The van der Waals surface area contributed by atoms with Crippen LogP contribution in [0.1, 0.15) is 43.2 Å². The summed E-state index contributed by atoms with van der Waals surface area (Å²) in [5, 5.41) is 9.68. The van der Waals surface area contributed by atoms with Gasteiger partial charge in [0, 0.05) is 6.54 Å². The van der Waals surface area contributed by atoms with E-state index in [1.165, 1.54) is 6.42 Å². The van der Waals surface area contributed by atoms with E-state index >= 15 is 0 Å². The molecule has 4 rings (SSSR count). The highest BCUT2D eigenvalue weighted by molar-refractivity contribution is 7.91. The summed E-state index contributed by atoms with van der Waals surface area (Å²) in [5.74, 6) is 0.190. The predicted octanol–water partition coefficient (Wildman–Crippen LogP) is 3.32. The summed E-state index contributed by atoms with van der Waals surface area (Å²) in [6.45, 7) is 0.444. The van der Waals surface area contributed by atoms with Gasteiger partial charge in [0.2, 0.25) is 15.9 Å². The maximum absolute atomic E-state index is 12.5. The fourth-order valence-electron chi connectivity index (χ4n) is 4.41. The number of ether oxygens (including phenoxy) is 1. The van der Waals surface area contributed by atoms with Gasteiger partial charge in [-0.2, -0.15) is 8.42 Å². The summed E-state index contributed by atoms with van der Waals surface area (Å²) >= 11 is 0. The summed E-state index contributed by atoms with van der Waals surface area (Å²) < 4.78 is 61.4. The molecule has 2 aliphatic rings. The molecule has 9 nitrogen and oxygen atoms in total. The lowest BCUT2D eigenvalue weighted by Crippen LogP contribution is -2.32. The van der Waals surface area contributed by atoms with Gasteiger partial charge in [-0.1, -0.05) is 55.7 Å². The monoisotopic (exact) mass is 521 g/mol. The smallest absolute Gasteiger partial charge is 0.330 e. The van der Waals surface area contributed by atoms with Gasteiger partial charge in [-0.3, -0.25) is 0 Å². The van der Waals surface area contributed by atoms with Crippen LogP contribution in [0.2, 0.25) is 0 Å². The molecule has 2 aromatic carbocycles. The third kappa shape index (κ3) is 6.89. The predicted molar refractivity (Wildman–Crippen MR) is 135 cm³/mol. The molecule has 0 bridgehead atoms. The molecule has 0 radical (unpaired) electrons. The number of rotatable bonds is 10. The number of anilines is 1. The Morgan fingerprint density at radius 1 is 1.06 bits per heavy atom. The van der Waals surface area contributed by atoms with Gasteiger partial charge < -0.3 is 9.84 Å². The van der Waals surface area contributed by atoms with E-state index in [0.29, 0.717) is 12.2 Å². The van der Waals surface area contributed by atoms with Crippen LogP contribution >= 0.6 is 0 Å². The highest BCUT2D eigenvalue weighted by Gasteiger charge is 2.31. The SMILES string of the molecule is O=S(=O)(CC1CCCCC1)NCCc1ccc(N2C=C(O)NS2(=O)=O)c(OCc2ccccc2)c1. The van der Waals surface area contributed by atoms with Crippen molar-refractivity contribution in [1.82, 2.24) is 9.44 Å². The van der Waals surface area contributed by atoms with Crippen LogP contribution < -0.4 is 18.5 Å². The van der Waals surface area contributed by atoms with Gasteiger partial charge in [0.25, 0.3) is 0 Å². The van der Waals surface area contributed by atoms with E-state index in [1.807, 2.05) is 35.1 Å². The average molecular weight is 522 g/mol. The fourth-order valence-corrected chi connectivity index (χ4v) is 6.96. The summed E-state index contributed by atoms with van der Waals surface area (Å²) in [7, 11) is -7.35. The number of hydrogen-bond acceptors (Lipinski definition) is 6. The number of benzene rings is 2. The van der Waals surface area contributed by atoms with Crippen LogP contribution in [0.25, 0.3) is 0 Å². The van der Waals surface area contributed by atoms with Gasteiger partial charge in [-0.25, -0.2) is 22.2 Å². The number of aliphatic hydroxyl groups excluding tert-OH is 1. The molecule has 1 fully saturated rings. The Morgan fingerprint density at radius 3 is 2.49 bits per heavy atom. The highest BCUT2D eigenvalue weighted by Crippen LogP contribution is 2.34. The average Bonchev–Trinajstić information content (AvgIpc) is 3.10. The minimum absolute atomic E-state index is 0.160. The Morgan fingerprint density at radius 2 is 1.80 bits per heavy atom. The molecule has 190 valence electrons. The Balaban J connectivity index is 1.46. The summed E-state index contributed by atoms with van der Waals surface area (Å²) in [6, 6.07) is 14.4. The quantitative estimate of drug-likeness (QED) is 0.441. The number of aliphatic hydroxyl groups is 1. The second-order valence-corrected chi connectivity index (χ2v) is 12.3. The maximum Gasteiger partial charge on any atom is 0.330 e. The Hall–Kier alpha value is -2.76. The van der Waals surface area contributed by atoms with Crippen molar-refractivity contribution in [2.75, 3.05) is 16.6 Å². The van der Waals surface area contributed by atoms with E-state index in [2.05, 4.69) is 4.72 Å². The first kappa shape index (κ1) is 25.3. The molecule has 2 aromatic rings. The van der Waals surface area contributed by atoms with Crippen LogP contribution in [0.3, 0.4) is 0 Å². The van der Waals surface area contributed by atoms with Crippen molar-refractivity contribution in [2.45, 2.75) is 45.1 Å². The molecule has 3 N–H and O–H groups in total. The zero-order chi connectivity index (χ0) is 24.9. The van der Waals surface area contributed by atoms with Crippen molar-refractivity contribution in [3.8, 4) is 5.75 Å². The molecule has 1 aliphatic heterocycles. The second-order valence-electron chi connectivity index (χ2n) is 8.92. The van der Waals surface area contributed by atoms with E-state index in [4.69, 9.17) is 4.74 Å². The van der Waals surface area contributed by atoms with Crippen molar-refractivity contribution in [1.29, 1.82) is 0 Å². The van der Waals surface area contributed by atoms with Gasteiger partial charge in [-0.15, -0.1) is 0 Å². The van der Waals surface area contributed by atoms with Crippen LogP contribution in [-0.2, 0) is 33.3 Å². The van der Waals surface area contributed by atoms with Crippen LogP contribution in [0, 0.1) is 5.92 Å². The fraction of sp³-hybridized carbons (Fsp3) is 0.417. The molecule has 1 aliphatic carbocycles. The molecule has 0 amide bonds. The van der Waals surface area contributed by atoms with E-state index in [9.17, 15) is 21.9 Å². The Labute approximate surface area is 207 Å². The molecule has 1 heterocycles. The van der Waals surface area contributed by atoms with E-state index in [-0.39, 0.29) is 30.5 Å². The van der Waals surface area contributed by atoms with Gasteiger partial charge in [-0.05, 0) is 48.4 Å². The number of nitrogens with zero attached hydrogens (tertiary/aromatic N) is 1. The van der Waals surface area contributed by atoms with Crippen molar-refractivity contribution in [2.24, 2.45) is 5.92 Å². The minimum atomic E-state index is -3.99. The molecule has 0 spiro atoms. The maximum atomic E-state index is 12.5. The Kier molecular flexibility index (Phi) is 7.88. The summed E-state index contributed by atoms with van der Waals surface area (Å²) in [5.41, 5.74) is 1.93. The first-order valence-corrected chi connectivity index (χ1v) is 14.8. The Bertz CT molecular complexity index is 1260. The molecule has 0 atom stereocenters. The largest absolute Gasteiger partial charge is 0.493 e. The van der Waals surface area contributed by atoms with Gasteiger partial charge in [0.15, 0.2) is 0 Å². The zero-order valence-corrected chi connectivity index (χ0v) is 21.0. The van der Waals surface area contributed by atoms with Crippen LogP contribution in [0.5, 0.6) is 5.75 Å². The molecule has 0 unspecified atom stereocenters. The van der Waals surface area contributed by atoms with Crippen molar-refractivity contribution in [3.63, 3.8) is 0 Å². The van der Waals surface area contributed by atoms with Gasteiger partial charge in [0.1, 0.15) is 18.0 Å². The third-order valence-electron chi connectivity index (χ3n) is 6.15. The molecule has 11 heteroatoms. The minimum Gasteiger partial charge on any atom is -0.493 e. The lowest BCUT2D eigenvalue weighted by atomic mass is 9.91. The zero-order valence-electron chi connectivity index (χ0n) is 19.4. The third-order valence-corrected chi connectivity index (χ3v) is 8.99. The molecular weight excluding hydrogens is 490 g/mol. The molecule has 0 saturated heterocycles. The summed E-state index contributed by atoms with van der Waals surface area (Å²) in [4.78, 5) is 0. The van der Waals surface area contributed by atoms with E-state index in [0.717, 1.165) is 47.3 Å². The number of hydrogen-bond donors (Lipinski definition) is 3. The van der Waals surface area contributed by atoms with Crippen molar-refractivity contribution >= 4 is 25.9 Å². The van der Waals surface area contributed by atoms with Crippen molar-refractivity contribution < 1.29 is 26.7 Å². The highest BCUT2D eigenvalue weighted by atomic mass is 32.2. The molecular formula is C24H31N3O6S2. The van der Waals surface area contributed by atoms with Crippen molar-refractivity contribution in [3.05, 3.63) is 71.7 Å². The molecule has 35 heavy (non-hydrogen) atoms. The first-order valence-electron chi connectivity index (χ1n) is 11.7. The number of nitrogens with one attached hydrogen (secondary N) is 2. The molecule has 1 saturated carbocycles.